The van der Waals surface area contributed by atoms with Crippen LogP contribution >= 0.6 is 0 Å². The predicted molar refractivity (Wildman–Crippen MR) is 97.7 cm³/mol. The Morgan fingerprint density at radius 3 is 2.71 bits per heavy atom. The van der Waals surface area contributed by atoms with Crippen LogP contribution in [0.4, 0.5) is 0 Å². The molecular weight excluding hydrogens is 298 g/mol. The maximum atomic E-state index is 12.5. The highest BCUT2D eigenvalue weighted by atomic mass is 16.3. The van der Waals surface area contributed by atoms with E-state index in [-0.39, 0.29) is 11.8 Å². The minimum Gasteiger partial charge on any atom is -0.389 e. The number of nitrogens with zero attached hydrogens (tertiary/aromatic N) is 1. The second-order valence-corrected chi connectivity index (χ2v) is 7.74. The Balaban J connectivity index is 1.60. The number of fused-ring (bicyclic) bond motifs is 1. The Morgan fingerprint density at radius 1 is 1.25 bits per heavy atom. The Labute approximate surface area is 145 Å². The average Bonchev–Trinajstić information content (AvgIpc) is 2.59. The smallest absolute Gasteiger partial charge is 0.246 e. The molecule has 0 spiro atoms. The van der Waals surface area contributed by atoms with Crippen molar-refractivity contribution in [3.05, 3.63) is 41.5 Å². The van der Waals surface area contributed by atoms with Crippen molar-refractivity contribution in [2.45, 2.75) is 57.5 Å². The van der Waals surface area contributed by atoms with E-state index >= 15 is 0 Å². The molecule has 0 radical (unpaired) electrons. The molecule has 0 aromatic heterocycles. The largest absolute Gasteiger partial charge is 0.389 e. The predicted octanol–water partition coefficient (Wildman–Crippen LogP) is 3.98. The second-order valence-electron chi connectivity index (χ2n) is 7.74. The molecule has 2 fully saturated rings. The van der Waals surface area contributed by atoms with E-state index in [9.17, 15) is 9.90 Å². The molecule has 24 heavy (non-hydrogen) atoms. The number of piperidine rings is 1. The Bertz CT molecular complexity index is 605. The molecule has 130 valence electrons. The van der Waals surface area contributed by atoms with Crippen LogP contribution in [0.15, 0.2) is 30.3 Å². The Morgan fingerprint density at radius 2 is 2.00 bits per heavy atom. The van der Waals surface area contributed by atoms with E-state index in [4.69, 9.17) is 0 Å². The van der Waals surface area contributed by atoms with Crippen molar-refractivity contribution in [2.75, 3.05) is 13.1 Å². The van der Waals surface area contributed by atoms with Crippen LogP contribution in [-0.4, -0.2) is 34.6 Å². The summed E-state index contributed by atoms with van der Waals surface area (Å²) in [5, 5.41) is 10.7. The number of carbonyl (C=O) groups excluding carboxylic acids is 1. The van der Waals surface area contributed by atoms with Gasteiger partial charge in [0.05, 0.1) is 5.60 Å². The third-order valence-electron chi connectivity index (χ3n) is 5.76. The number of carbonyl (C=O) groups is 1. The minimum absolute atomic E-state index is 0.0653. The summed E-state index contributed by atoms with van der Waals surface area (Å²) in [6, 6.07) is 8.38. The summed E-state index contributed by atoms with van der Waals surface area (Å²) in [5.41, 5.74) is 1.84. The lowest BCUT2D eigenvalue weighted by Gasteiger charge is -2.47. The van der Waals surface area contributed by atoms with Gasteiger partial charge in [0.15, 0.2) is 0 Å². The van der Waals surface area contributed by atoms with Gasteiger partial charge in [0, 0.05) is 25.1 Å². The molecule has 1 saturated carbocycles. The van der Waals surface area contributed by atoms with Crippen molar-refractivity contribution >= 4 is 12.0 Å². The van der Waals surface area contributed by atoms with Gasteiger partial charge in [0.25, 0.3) is 0 Å². The molecule has 1 aliphatic heterocycles. The molecule has 1 aliphatic carbocycles. The van der Waals surface area contributed by atoms with Gasteiger partial charge in [0.2, 0.25) is 5.91 Å². The Kier molecular flexibility index (Phi) is 5.09. The maximum absolute atomic E-state index is 12.5. The van der Waals surface area contributed by atoms with E-state index in [1.165, 1.54) is 12.0 Å². The summed E-state index contributed by atoms with van der Waals surface area (Å²) < 4.78 is 0. The van der Waals surface area contributed by atoms with Crippen LogP contribution in [0.1, 0.15) is 63.0 Å². The van der Waals surface area contributed by atoms with Crippen molar-refractivity contribution in [3.63, 3.8) is 0 Å². The molecule has 3 rings (SSSR count). The zero-order valence-electron chi connectivity index (χ0n) is 14.9. The molecule has 1 amide bonds. The molecule has 0 bridgehead atoms. The zero-order valence-corrected chi connectivity index (χ0v) is 14.9. The van der Waals surface area contributed by atoms with Gasteiger partial charge in [-0.1, -0.05) is 51.0 Å². The fraction of sp³-hybridized carbons (Fsp3) is 0.571. The molecule has 2 aliphatic rings. The number of aliphatic hydroxyl groups is 1. The molecule has 3 nitrogen and oxygen atoms in total. The summed E-state index contributed by atoms with van der Waals surface area (Å²) in [5.74, 6) is 0.838. The van der Waals surface area contributed by atoms with Gasteiger partial charge in [-0.3, -0.25) is 4.79 Å². The monoisotopic (exact) mass is 327 g/mol. The Hall–Kier alpha value is -1.61. The van der Waals surface area contributed by atoms with Crippen LogP contribution in [0, 0.1) is 5.92 Å². The van der Waals surface area contributed by atoms with E-state index in [2.05, 4.69) is 38.1 Å². The number of hydrogen-bond acceptors (Lipinski definition) is 2. The zero-order chi connectivity index (χ0) is 17.2. The van der Waals surface area contributed by atoms with Gasteiger partial charge in [-0.05, 0) is 42.4 Å². The van der Waals surface area contributed by atoms with Crippen molar-refractivity contribution in [2.24, 2.45) is 5.92 Å². The number of hydrogen-bond donors (Lipinski definition) is 1. The fourth-order valence-corrected chi connectivity index (χ4v) is 4.04. The first-order valence-corrected chi connectivity index (χ1v) is 9.27. The first-order valence-electron chi connectivity index (χ1n) is 9.27. The van der Waals surface area contributed by atoms with E-state index in [0.717, 1.165) is 31.2 Å². The SMILES string of the molecule is CC(C)c1ccc(/C=C/C(=O)N2CC[C@@]3(O)CCCC[C@@H]3C2)cc1. The molecule has 1 aromatic rings. The quantitative estimate of drug-likeness (QED) is 0.853. The lowest BCUT2D eigenvalue weighted by molar-refractivity contribution is -0.138. The van der Waals surface area contributed by atoms with Gasteiger partial charge in [-0.15, -0.1) is 0 Å². The summed E-state index contributed by atoms with van der Waals surface area (Å²) in [7, 11) is 0. The lowest BCUT2D eigenvalue weighted by atomic mass is 9.71. The van der Waals surface area contributed by atoms with Crippen molar-refractivity contribution < 1.29 is 9.90 Å². The standard InChI is InChI=1S/C21H29NO2/c1-16(2)18-9-6-17(7-10-18)8-11-20(23)22-14-13-21(24)12-4-3-5-19(21)15-22/h6-11,16,19,24H,3-5,12-15H2,1-2H3/b11-8+/t19-,21+/m1/s1. The van der Waals surface area contributed by atoms with E-state index in [1.54, 1.807) is 6.08 Å². The first kappa shape index (κ1) is 17.2. The van der Waals surface area contributed by atoms with E-state index in [0.29, 0.717) is 19.0 Å². The normalized spacial score (nSPS) is 27.5. The van der Waals surface area contributed by atoms with E-state index in [1.807, 2.05) is 11.0 Å². The molecular formula is C21H29NO2. The highest BCUT2D eigenvalue weighted by Crippen LogP contribution is 2.39. The highest BCUT2D eigenvalue weighted by Gasteiger charge is 2.43. The topological polar surface area (TPSA) is 40.5 Å². The van der Waals surface area contributed by atoms with Crippen molar-refractivity contribution in [3.8, 4) is 0 Å². The molecule has 1 N–H and O–H groups in total. The van der Waals surface area contributed by atoms with Crippen LogP contribution in [0.2, 0.25) is 0 Å². The summed E-state index contributed by atoms with van der Waals surface area (Å²) in [6.07, 6.45) is 8.53. The number of rotatable bonds is 3. The average molecular weight is 327 g/mol. The maximum Gasteiger partial charge on any atom is 0.246 e. The summed E-state index contributed by atoms with van der Waals surface area (Å²) >= 11 is 0. The summed E-state index contributed by atoms with van der Waals surface area (Å²) in [6.45, 7) is 5.72. The van der Waals surface area contributed by atoms with Crippen LogP contribution < -0.4 is 0 Å². The van der Waals surface area contributed by atoms with Gasteiger partial charge >= 0.3 is 0 Å². The molecule has 2 atom stereocenters. The highest BCUT2D eigenvalue weighted by molar-refractivity contribution is 5.91. The van der Waals surface area contributed by atoms with Crippen LogP contribution in [0.25, 0.3) is 6.08 Å². The third kappa shape index (κ3) is 3.72. The number of benzene rings is 1. The van der Waals surface area contributed by atoms with Crippen molar-refractivity contribution in [1.82, 2.24) is 4.90 Å². The second kappa shape index (κ2) is 7.10. The van der Waals surface area contributed by atoms with Crippen LogP contribution in [0.5, 0.6) is 0 Å². The lowest BCUT2D eigenvalue weighted by Crippen LogP contribution is -2.54. The molecule has 0 unspecified atom stereocenters. The molecule has 1 aromatic carbocycles. The fourth-order valence-electron chi connectivity index (χ4n) is 4.04. The first-order chi connectivity index (χ1) is 11.5. The molecule has 1 heterocycles. The molecule has 3 heteroatoms. The van der Waals surface area contributed by atoms with Gasteiger partial charge in [-0.2, -0.15) is 0 Å². The minimum atomic E-state index is -0.522. The summed E-state index contributed by atoms with van der Waals surface area (Å²) in [4.78, 5) is 14.4. The van der Waals surface area contributed by atoms with E-state index < -0.39 is 5.60 Å². The van der Waals surface area contributed by atoms with Crippen LogP contribution in [-0.2, 0) is 4.79 Å². The van der Waals surface area contributed by atoms with Gasteiger partial charge in [-0.25, -0.2) is 0 Å². The molecule has 1 saturated heterocycles. The van der Waals surface area contributed by atoms with Crippen molar-refractivity contribution in [1.29, 1.82) is 0 Å². The third-order valence-corrected chi connectivity index (χ3v) is 5.76. The van der Waals surface area contributed by atoms with Gasteiger partial charge < -0.3 is 10.0 Å². The number of likely N-dealkylation sites (tertiary alicyclic amines) is 1. The number of amides is 1. The van der Waals surface area contributed by atoms with Gasteiger partial charge in [0.1, 0.15) is 0 Å². The van der Waals surface area contributed by atoms with Crippen LogP contribution in [0.3, 0.4) is 0 Å².